The molecule has 1 atom stereocenters. The Kier molecular flexibility index (Phi) is 5.80. The van der Waals surface area contributed by atoms with E-state index in [4.69, 9.17) is 0 Å². The van der Waals surface area contributed by atoms with Crippen molar-refractivity contribution in [3.8, 4) is 0 Å². The first-order chi connectivity index (χ1) is 14.6. The summed E-state index contributed by atoms with van der Waals surface area (Å²) in [5.41, 5.74) is 8.20. The minimum absolute atomic E-state index is 0.0107. The molecule has 0 radical (unpaired) electrons. The highest BCUT2D eigenvalue weighted by molar-refractivity contribution is 6.01. The van der Waals surface area contributed by atoms with Crippen molar-refractivity contribution in [2.24, 2.45) is 11.0 Å². The Morgan fingerprint density at radius 3 is 2.03 bits per heavy atom. The largest absolute Gasteiger partial charge is 0.273 e. The molecule has 0 aliphatic heterocycles. The van der Waals surface area contributed by atoms with Crippen LogP contribution in [0.5, 0.6) is 0 Å². The normalized spacial score (nSPS) is 17.4. The maximum atomic E-state index is 13.1. The van der Waals surface area contributed by atoms with Gasteiger partial charge in [0.05, 0.1) is 11.6 Å². The first kappa shape index (κ1) is 20.1. The minimum atomic E-state index is -0.267. The molecular weight excluding hydrogens is 368 g/mol. The van der Waals surface area contributed by atoms with Crippen molar-refractivity contribution in [3.63, 3.8) is 0 Å². The summed E-state index contributed by atoms with van der Waals surface area (Å²) in [6.07, 6.45) is 2.61. The van der Waals surface area contributed by atoms with Crippen LogP contribution in [0, 0.1) is 12.8 Å². The molecule has 0 aromatic heterocycles. The van der Waals surface area contributed by atoms with Gasteiger partial charge in [-0.25, -0.2) is 5.43 Å². The Morgan fingerprint density at radius 2 is 1.50 bits per heavy atom. The summed E-state index contributed by atoms with van der Waals surface area (Å²) in [6, 6.07) is 29.0. The van der Waals surface area contributed by atoms with Gasteiger partial charge in [-0.3, -0.25) is 4.79 Å². The molecule has 1 aliphatic carbocycles. The third-order valence-corrected chi connectivity index (χ3v) is 6.03. The molecule has 1 saturated carbocycles. The zero-order chi connectivity index (χ0) is 21.0. The van der Waals surface area contributed by atoms with Gasteiger partial charge >= 0.3 is 0 Å². The third-order valence-electron chi connectivity index (χ3n) is 6.03. The number of hydrazone groups is 1. The van der Waals surface area contributed by atoms with Crippen LogP contribution >= 0.6 is 0 Å². The Hall–Kier alpha value is -3.20. The van der Waals surface area contributed by atoms with E-state index < -0.39 is 0 Å². The molecule has 0 heterocycles. The van der Waals surface area contributed by atoms with Gasteiger partial charge in [0.2, 0.25) is 5.91 Å². The maximum Gasteiger partial charge on any atom is 0.244 e. The van der Waals surface area contributed by atoms with Crippen molar-refractivity contribution in [2.75, 3.05) is 0 Å². The number of nitrogens with zero attached hydrogens (tertiary/aromatic N) is 1. The van der Waals surface area contributed by atoms with Gasteiger partial charge in [0.25, 0.3) is 0 Å². The van der Waals surface area contributed by atoms with Crippen LogP contribution in [0.4, 0.5) is 0 Å². The summed E-state index contributed by atoms with van der Waals surface area (Å²) in [5, 5.41) is 4.54. The Labute approximate surface area is 178 Å². The number of aryl methyl sites for hydroxylation is 1. The number of carbonyl (C=O) groups excluding carboxylic acids is 1. The fraction of sp³-hybridized carbons (Fsp3) is 0.259. The van der Waals surface area contributed by atoms with Crippen molar-refractivity contribution in [1.82, 2.24) is 5.43 Å². The zero-order valence-corrected chi connectivity index (χ0v) is 17.6. The maximum absolute atomic E-state index is 13.1. The molecule has 3 heteroatoms. The van der Waals surface area contributed by atoms with Crippen molar-refractivity contribution in [1.29, 1.82) is 0 Å². The Morgan fingerprint density at radius 1 is 0.933 bits per heavy atom. The lowest BCUT2D eigenvalue weighted by Gasteiger charge is -2.18. The van der Waals surface area contributed by atoms with E-state index >= 15 is 0 Å². The van der Waals surface area contributed by atoms with Gasteiger partial charge in [0.15, 0.2) is 0 Å². The minimum Gasteiger partial charge on any atom is -0.273 e. The summed E-state index contributed by atoms with van der Waals surface area (Å²) in [6.45, 7) is 4.20. The van der Waals surface area contributed by atoms with E-state index in [0.29, 0.717) is 0 Å². The predicted molar refractivity (Wildman–Crippen MR) is 123 cm³/mol. The highest BCUT2D eigenvalue weighted by Crippen LogP contribution is 2.58. The fourth-order valence-electron chi connectivity index (χ4n) is 4.30. The van der Waals surface area contributed by atoms with E-state index in [9.17, 15) is 4.79 Å². The Balaban J connectivity index is 1.58. The molecule has 0 saturated heterocycles. The second-order valence-electron chi connectivity index (χ2n) is 8.11. The first-order valence-corrected chi connectivity index (χ1v) is 10.7. The van der Waals surface area contributed by atoms with Gasteiger partial charge in [-0.15, -0.1) is 0 Å². The van der Waals surface area contributed by atoms with Crippen LogP contribution in [0.2, 0.25) is 0 Å². The van der Waals surface area contributed by atoms with Gasteiger partial charge in [-0.2, -0.15) is 5.10 Å². The highest BCUT2D eigenvalue weighted by atomic mass is 16.2. The van der Waals surface area contributed by atoms with Crippen molar-refractivity contribution in [3.05, 3.63) is 107 Å². The molecule has 1 N–H and O–H groups in total. The SMILES string of the molecule is CCC/C(=N\NC(=O)C1CC1(c1ccccc1)c1ccccc1)c1ccc(C)cc1. The number of benzene rings is 3. The van der Waals surface area contributed by atoms with Gasteiger partial charge in [-0.05, 0) is 36.5 Å². The number of hydrogen-bond acceptors (Lipinski definition) is 2. The quantitative estimate of drug-likeness (QED) is 0.409. The van der Waals surface area contributed by atoms with Crippen molar-refractivity contribution < 1.29 is 4.79 Å². The van der Waals surface area contributed by atoms with E-state index in [-0.39, 0.29) is 17.2 Å². The topological polar surface area (TPSA) is 41.5 Å². The first-order valence-electron chi connectivity index (χ1n) is 10.7. The molecule has 1 fully saturated rings. The number of rotatable bonds is 7. The second kappa shape index (κ2) is 8.66. The van der Waals surface area contributed by atoms with E-state index in [1.54, 1.807) is 0 Å². The monoisotopic (exact) mass is 396 g/mol. The average molecular weight is 397 g/mol. The molecule has 1 aliphatic rings. The van der Waals surface area contributed by atoms with Crippen LogP contribution < -0.4 is 5.43 Å². The smallest absolute Gasteiger partial charge is 0.244 e. The summed E-state index contributed by atoms with van der Waals surface area (Å²) < 4.78 is 0. The molecule has 152 valence electrons. The molecule has 30 heavy (non-hydrogen) atoms. The molecule has 3 aromatic carbocycles. The molecule has 3 nitrogen and oxygen atoms in total. The summed E-state index contributed by atoms with van der Waals surface area (Å²) in [7, 11) is 0. The lowest BCUT2D eigenvalue weighted by Crippen LogP contribution is -2.26. The molecule has 4 rings (SSSR count). The lowest BCUT2D eigenvalue weighted by atomic mass is 9.85. The number of hydrogen-bond donors (Lipinski definition) is 1. The van der Waals surface area contributed by atoms with E-state index in [1.165, 1.54) is 16.7 Å². The fourth-order valence-corrected chi connectivity index (χ4v) is 4.30. The molecular formula is C27H28N2O. The van der Waals surface area contributed by atoms with E-state index in [1.807, 2.05) is 36.4 Å². The zero-order valence-electron chi connectivity index (χ0n) is 17.6. The van der Waals surface area contributed by atoms with Crippen molar-refractivity contribution in [2.45, 2.75) is 38.5 Å². The Bertz CT molecular complexity index is 984. The van der Waals surface area contributed by atoms with Gasteiger partial charge in [-0.1, -0.05) is 104 Å². The van der Waals surface area contributed by atoms with Crippen LogP contribution in [-0.2, 0) is 10.2 Å². The van der Waals surface area contributed by atoms with Crippen LogP contribution in [-0.4, -0.2) is 11.6 Å². The highest BCUT2D eigenvalue weighted by Gasteiger charge is 2.60. The molecule has 1 unspecified atom stereocenters. The van der Waals surface area contributed by atoms with E-state index in [0.717, 1.165) is 30.5 Å². The van der Waals surface area contributed by atoms with Gasteiger partial charge in [0.1, 0.15) is 0 Å². The molecule has 0 bridgehead atoms. The molecule has 3 aromatic rings. The van der Waals surface area contributed by atoms with Gasteiger partial charge < -0.3 is 0 Å². The summed E-state index contributed by atoms with van der Waals surface area (Å²) in [4.78, 5) is 13.1. The summed E-state index contributed by atoms with van der Waals surface area (Å²) in [5.74, 6) is -0.129. The number of carbonyl (C=O) groups is 1. The third kappa shape index (κ3) is 3.93. The van der Waals surface area contributed by atoms with Gasteiger partial charge in [0, 0.05) is 5.41 Å². The second-order valence-corrected chi connectivity index (χ2v) is 8.11. The molecule has 1 amide bonds. The standard InChI is InChI=1S/C27H28N2O/c1-3-10-25(21-17-15-20(2)16-18-21)28-29-26(30)24-19-27(24,22-11-6-4-7-12-22)23-13-8-5-9-14-23/h4-9,11-18,24H,3,10,19H2,1-2H3,(H,29,30)/b28-25+. The number of nitrogens with one attached hydrogen (secondary N) is 1. The van der Waals surface area contributed by atoms with Crippen LogP contribution in [0.3, 0.4) is 0 Å². The van der Waals surface area contributed by atoms with Crippen LogP contribution in [0.1, 0.15) is 48.4 Å². The lowest BCUT2D eigenvalue weighted by molar-refractivity contribution is -0.122. The van der Waals surface area contributed by atoms with E-state index in [2.05, 4.69) is 72.9 Å². The predicted octanol–water partition coefficient (Wildman–Crippen LogP) is 5.62. The summed E-state index contributed by atoms with van der Waals surface area (Å²) >= 11 is 0. The average Bonchev–Trinajstić information content (AvgIpc) is 3.55. The molecule has 0 spiro atoms. The van der Waals surface area contributed by atoms with Crippen molar-refractivity contribution >= 4 is 11.6 Å². The van der Waals surface area contributed by atoms with Crippen LogP contribution in [0.25, 0.3) is 0 Å². The number of amides is 1. The van der Waals surface area contributed by atoms with Crippen LogP contribution in [0.15, 0.2) is 90.0 Å².